The molecule has 0 spiro atoms. The number of carbonyl (C=O) groups excluding carboxylic acids is 1. The molecule has 1 aliphatic carbocycles. The van der Waals surface area contributed by atoms with Gasteiger partial charge in [-0.15, -0.1) is 4.83 Å². The molecule has 1 rings (SSSR count). The highest BCUT2D eigenvalue weighted by molar-refractivity contribution is 7.89. The molecule has 0 saturated heterocycles. The highest BCUT2D eigenvalue weighted by atomic mass is 32.2. The lowest BCUT2D eigenvalue weighted by Gasteiger charge is -2.20. The van der Waals surface area contributed by atoms with Crippen LogP contribution in [0.3, 0.4) is 0 Å². The number of hydrogen-bond acceptors (Lipinski definition) is 3. The van der Waals surface area contributed by atoms with Gasteiger partial charge < -0.3 is 0 Å². The molecule has 100 valence electrons. The van der Waals surface area contributed by atoms with Crippen molar-refractivity contribution in [2.75, 3.05) is 5.75 Å². The minimum Gasteiger partial charge on any atom is -0.278 e. The Labute approximate surface area is 103 Å². The maximum absolute atomic E-state index is 11.7. The Morgan fingerprint density at radius 3 is 2.47 bits per heavy atom. The van der Waals surface area contributed by atoms with E-state index in [2.05, 4.69) is 10.3 Å². The molecule has 0 aromatic heterocycles. The first-order valence-corrected chi connectivity index (χ1v) is 7.99. The molecule has 1 fully saturated rings. The van der Waals surface area contributed by atoms with Crippen LogP contribution in [-0.4, -0.2) is 20.1 Å². The summed E-state index contributed by atoms with van der Waals surface area (Å²) in [6, 6.07) is 0. The van der Waals surface area contributed by atoms with Gasteiger partial charge in [-0.05, 0) is 19.3 Å². The second-order valence-corrected chi connectivity index (χ2v) is 6.44. The quantitative estimate of drug-likeness (QED) is 0.709. The normalized spacial score (nSPS) is 17.9. The molecule has 0 atom stereocenters. The van der Waals surface area contributed by atoms with E-state index in [1.165, 1.54) is 6.42 Å². The maximum atomic E-state index is 11.7. The molecule has 0 aliphatic heterocycles. The number of hydrazine groups is 1. The molecule has 2 N–H and O–H groups in total. The average Bonchev–Trinajstić information content (AvgIpc) is 2.35. The third-order valence-electron chi connectivity index (χ3n) is 3.07. The highest BCUT2D eigenvalue weighted by Gasteiger charge is 2.22. The molecular formula is C11H22N2O3S. The van der Waals surface area contributed by atoms with Crippen LogP contribution in [0.5, 0.6) is 0 Å². The lowest BCUT2D eigenvalue weighted by Crippen LogP contribution is -2.45. The van der Waals surface area contributed by atoms with Crippen molar-refractivity contribution >= 4 is 15.9 Å². The zero-order valence-electron chi connectivity index (χ0n) is 10.4. The van der Waals surface area contributed by atoms with E-state index in [1.54, 1.807) is 0 Å². The van der Waals surface area contributed by atoms with Crippen LogP contribution >= 0.6 is 0 Å². The van der Waals surface area contributed by atoms with E-state index < -0.39 is 10.0 Å². The Morgan fingerprint density at radius 2 is 1.88 bits per heavy atom. The third kappa shape index (κ3) is 5.50. The van der Waals surface area contributed by atoms with Gasteiger partial charge in [-0.3, -0.25) is 10.2 Å². The molecule has 5 nitrogen and oxygen atoms in total. The number of hydrogen-bond donors (Lipinski definition) is 2. The van der Waals surface area contributed by atoms with E-state index in [4.69, 9.17) is 0 Å². The lowest BCUT2D eigenvalue weighted by atomic mass is 9.89. The van der Waals surface area contributed by atoms with Crippen molar-refractivity contribution in [1.82, 2.24) is 10.3 Å². The Bertz CT molecular complexity index is 335. The lowest BCUT2D eigenvalue weighted by molar-refractivity contribution is -0.126. The molecule has 17 heavy (non-hydrogen) atoms. The molecule has 0 bridgehead atoms. The topological polar surface area (TPSA) is 75.3 Å². The Balaban J connectivity index is 2.31. The van der Waals surface area contributed by atoms with Gasteiger partial charge in [-0.25, -0.2) is 8.42 Å². The fraction of sp³-hybridized carbons (Fsp3) is 0.909. The van der Waals surface area contributed by atoms with Gasteiger partial charge in [0.25, 0.3) is 0 Å². The van der Waals surface area contributed by atoms with Crippen LogP contribution in [0.2, 0.25) is 0 Å². The Hall–Kier alpha value is -0.620. The first kappa shape index (κ1) is 14.4. The SMILES string of the molecule is CCCCS(=O)(=O)NNC(=O)C1CCCCC1. The molecule has 1 saturated carbocycles. The van der Waals surface area contributed by atoms with Gasteiger partial charge in [0.2, 0.25) is 15.9 Å². The Kier molecular flexibility index (Phi) is 5.91. The van der Waals surface area contributed by atoms with Crippen LogP contribution < -0.4 is 10.3 Å². The number of sulfonamides is 1. The summed E-state index contributed by atoms with van der Waals surface area (Å²) in [4.78, 5) is 13.8. The van der Waals surface area contributed by atoms with Crippen molar-refractivity contribution in [3.63, 3.8) is 0 Å². The predicted molar refractivity (Wildman–Crippen MR) is 66.5 cm³/mol. The van der Waals surface area contributed by atoms with Crippen molar-refractivity contribution in [1.29, 1.82) is 0 Å². The van der Waals surface area contributed by atoms with Gasteiger partial charge in [0.1, 0.15) is 0 Å². The van der Waals surface area contributed by atoms with E-state index in [0.717, 1.165) is 32.1 Å². The summed E-state index contributed by atoms with van der Waals surface area (Å²) in [5.41, 5.74) is 2.32. The smallest absolute Gasteiger partial charge is 0.238 e. The van der Waals surface area contributed by atoms with Crippen molar-refractivity contribution in [3.05, 3.63) is 0 Å². The maximum Gasteiger partial charge on any atom is 0.238 e. The summed E-state index contributed by atoms with van der Waals surface area (Å²) < 4.78 is 22.9. The molecule has 6 heteroatoms. The molecule has 1 aliphatic rings. The molecule has 0 radical (unpaired) electrons. The zero-order valence-corrected chi connectivity index (χ0v) is 11.2. The summed E-state index contributed by atoms with van der Waals surface area (Å²) in [5, 5.41) is 0. The number of amides is 1. The van der Waals surface area contributed by atoms with Crippen molar-refractivity contribution in [3.8, 4) is 0 Å². The number of rotatable bonds is 6. The Morgan fingerprint density at radius 1 is 1.24 bits per heavy atom. The first-order valence-electron chi connectivity index (χ1n) is 6.34. The number of unbranched alkanes of at least 4 members (excludes halogenated alkanes) is 1. The summed E-state index contributed by atoms with van der Waals surface area (Å²) >= 11 is 0. The van der Waals surface area contributed by atoms with Crippen LogP contribution in [-0.2, 0) is 14.8 Å². The number of carbonyl (C=O) groups is 1. The molecule has 0 aromatic carbocycles. The summed E-state index contributed by atoms with van der Waals surface area (Å²) in [6.07, 6.45) is 6.44. The average molecular weight is 262 g/mol. The van der Waals surface area contributed by atoms with E-state index in [0.29, 0.717) is 6.42 Å². The molecular weight excluding hydrogens is 240 g/mol. The summed E-state index contributed by atoms with van der Waals surface area (Å²) in [5.74, 6) is -0.156. The predicted octanol–water partition coefficient (Wildman–Crippen LogP) is 1.32. The first-order chi connectivity index (χ1) is 8.05. The van der Waals surface area contributed by atoms with Crippen molar-refractivity contribution in [2.24, 2.45) is 5.92 Å². The molecule has 0 heterocycles. The van der Waals surface area contributed by atoms with Gasteiger partial charge in [0, 0.05) is 5.92 Å². The minimum absolute atomic E-state index is 0.0300. The van der Waals surface area contributed by atoms with Gasteiger partial charge >= 0.3 is 0 Å². The fourth-order valence-corrected chi connectivity index (χ4v) is 3.01. The minimum atomic E-state index is -3.36. The van der Waals surface area contributed by atoms with Crippen LogP contribution in [0.25, 0.3) is 0 Å². The van der Waals surface area contributed by atoms with E-state index >= 15 is 0 Å². The van der Waals surface area contributed by atoms with Crippen molar-refractivity contribution < 1.29 is 13.2 Å². The zero-order chi connectivity index (χ0) is 12.7. The van der Waals surface area contributed by atoms with E-state index in [-0.39, 0.29) is 17.6 Å². The van der Waals surface area contributed by atoms with Crippen LogP contribution in [0.15, 0.2) is 0 Å². The third-order valence-corrected chi connectivity index (χ3v) is 4.31. The monoisotopic (exact) mass is 262 g/mol. The molecule has 0 aromatic rings. The van der Waals surface area contributed by atoms with Gasteiger partial charge in [0.15, 0.2) is 0 Å². The van der Waals surface area contributed by atoms with Crippen LogP contribution in [0.1, 0.15) is 51.9 Å². The largest absolute Gasteiger partial charge is 0.278 e. The summed E-state index contributed by atoms with van der Waals surface area (Å²) in [7, 11) is -3.36. The second kappa shape index (κ2) is 6.96. The summed E-state index contributed by atoms with van der Waals surface area (Å²) in [6.45, 7) is 1.93. The van der Waals surface area contributed by atoms with Crippen LogP contribution in [0, 0.1) is 5.92 Å². The molecule has 0 unspecified atom stereocenters. The number of nitrogens with one attached hydrogen (secondary N) is 2. The van der Waals surface area contributed by atoms with E-state index in [1.807, 2.05) is 6.92 Å². The van der Waals surface area contributed by atoms with Gasteiger partial charge in [0.05, 0.1) is 5.75 Å². The second-order valence-electron chi connectivity index (χ2n) is 4.60. The fourth-order valence-electron chi connectivity index (χ4n) is 1.98. The van der Waals surface area contributed by atoms with Crippen LogP contribution in [0.4, 0.5) is 0 Å². The van der Waals surface area contributed by atoms with Gasteiger partial charge in [-0.2, -0.15) is 0 Å². The highest BCUT2D eigenvalue weighted by Crippen LogP contribution is 2.23. The molecule has 1 amide bonds. The standard InChI is InChI=1S/C11H22N2O3S/c1-2-3-9-17(15,16)13-12-11(14)10-7-5-4-6-8-10/h10,13H,2-9H2,1H3,(H,12,14). The van der Waals surface area contributed by atoms with Gasteiger partial charge in [-0.1, -0.05) is 32.6 Å². The van der Waals surface area contributed by atoms with Crippen molar-refractivity contribution in [2.45, 2.75) is 51.9 Å². The van der Waals surface area contributed by atoms with E-state index in [9.17, 15) is 13.2 Å².